The first kappa shape index (κ1) is 18.1. The van der Waals surface area contributed by atoms with E-state index in [9.17, 15) is 9.59 Å². The molecule has 0 N–H and O–H groups in total. The summed E-state index contributed by atoms with van der Waals surface area (Å²) in [6.45, 7) is 3.11. The summed E-state index contributed by atoms with van der Waals surface area (Å²) in [7, 11) is 0. The number of fused-ring (bicyclic) bond motifs is 1. The van der Waals surface area contributed by atoms with Crippen LogP contribution in [0.3, 0.4) is 0 Å². The summed E-state index contributed by atoms with van der Waals surface area (Å²) in [4.78, 5) is 30.1. The first-order valence-corrected chi connectivity index (χ1v) is 10.2. The van der Waals surface area contributed by atoms with Gasteiger partial charge in [-0.15, -0.1) is 11.8 Å². The molecule has 0 atom stereocenters. The highest BCUT2D eigenvalue weighted by molar-refractivity contribution is 8.00. The van der Waals surface area contributed by atoms with E-state index in [0.29, 0.717) is 37.6 Å². The average molecular weight is 382 g/mol. The van der Waals surface area contributed by atoms with Crippen molar-refractivity contribution < 1.29 is 14.3 Å². The number of anilines is 1. The Morgan fingerprint density at radius 2 is 1.70 bits per heavy atom. The molecule has 0 spiro atoms. The Morgan fingerprint density at radius 3 is 2.56 bits per heavy atom. The van der Waals surface area contributed by atoms with Crippen LogP contribution in [0.4, 0.5) is 5.69 Å². The SMILES string of the molecule is O=C(c1ccccc1SCC(=O)N1CCc2ccccc21)N1CCOCC1. The van der Waals surface area contributed by atoms with E-state index in [2.05, 4.69) is 6.07 Å². The number of hydrogen-bond donors (Lipinski definition) is 0. The van der Waals surface area contributed by atoms with E-state index in [1.165, 1.54) is 17.3 Å². The van der Waals surface area contributed by atoms with Gasteiger partial charge in [-0.05, 0) is 30.2 Å². The fraction of sp³-hybridized carbons (Fsp3) is 0.333. The number of nitrogens with zero attached hydrogens (tertiary/aromatic N) is 2. The van der Waals surface area contributed by atoms with Crippen LogP contribution in [0.1, 0.15) is 15.9 Å². The third-order valence-electron chi connectivity index (χ3n) is 4.96. The highest BCUT2D eigenvalue weighted by atomic mass is 32.2. The first-order valence-electron chi connectivity index (χ1n) is 9.21. The predicted octanol–water partition coefficient (Wildman–Crippen LogP) is 2.84. The summed E-state index contributed by atoms with van der Waals surface area (Å²) >= 11 is 1.44. The summed E-state index contributed by atoms with van der Waals surface area (Å²) in [6.07, 6.45) is 0.901. The fourth-order valence-electron chi connectivity index (χ4n) is 3.52. The molecule has 0 unspecified atom stereocenters. The summed E-state index contributed by atoms with van der Waals surface area (Å²) in [5.74, 6) is 0.417. The van der Waals surface area contributed by atoms with E-state index < -0.39 is 0 Å². The van der Waals surface area contributed by atoms with Gasteiger partial charge < -0.3 is 14.5 Å². The van der Waals surface area contributed by atoms with Crippen molar-refractivity contribution in [2.75, 3.05) is 43.5 Å². The van der Waals surface area contributed by atoms with Crippen LogP contribution in [0.25, 0.3) is 0 Å². The third-order valence-corrected chi connectivity index (χ3v) is 6.01. The molecule has 0 radical (unpaired) electrons. The maximum atomic E-state index is 12.8. The minimum Gasteiger partial charge on any atom is -0.378 e. The van der Waals surface area contributed by atoms with Gasteiger partial charge in [0.2, 0.25) is 5.91 Å². The van der Waals surface area contributed by atoms with Crippen LogP contribution in [-0.2, 0) is 16.0 Å². The van der Waals surface area contributed by atoms with Crippen molar-refractivity contribution in [2.24, 2.45) is 0 Å². The topological polar surface area (TPSA) is 49.9 Å². The van der Waals surface area contributed by atoms with Gasteiger partial charge in [-0.2, -0.15) is 0 Å². The predicted molar refractivity (Wildman–Crippen MR) is 106 cm³/mol. The second-order valence-corrected chi connectivity index (χ2v) is 7.63. The summed E-state index contributed by atoms with van der Waals surface area (Å²) in [5.41, 5.74) is 2.90. The molecule has 2 amide bonds. The highest BCUT2D eigenvalue weighted by Gasteiger charge is 2.25. The minimum atomic E-state index is 0.0142. The lowest BCUT2D eigenvalue weighted by atomic mass is 10.2. The van der Waals surface area contributed by atoms with Crippen molar-refractivity contribution in [1.29, 1.82) is 0 Å². The number of thioether (sulfide) groups is 1. The van der Waals surface area contributed by atoms with Crippen LogP contribution < -0.4 is 4.90 Å². The molecule has 2 aliphatic rings. The molecule has 140 valence electrons. The number of amides is 2. The lowest BCUT2D eigenvalue weighted by Gasteiger charge is -2.27. The second kappa shape index (κ2) is 8.15. The van der Waals surface area contributed by atoms with Crippen LogP contribution in [0.15, 0.2) is 53.4 Å². The zero-order valence-electron chi connectivity index (χ0n) is 15.1. The monoisotopic (exact) mass is 382 g/mol. The first-order chi connectivity index (χ1) is 13.2. The van der Waals surface area contributed by atoms with Gasteiger partial charge in [-0.1, -0.05) is 30.3 Å². The van der Waals surface area contributed by atoms with Gasteiger partial charge in [-0.3, -0.25) is 9.59 Å². The van der Waals surface area contributed by atoms with Crippen LogP contribution in [0.5, 0.6) is 0 Å². The van der Waals surface area contributed by atoms with Gasteiger partial charge >= 0.3 is 0 Å². The van der Waals surface area contributed by atoms with Crippen LogP contribution in [0, 0.1) is 0 Å². The van der Waals surface area contributed by atoms with Gasteiger partial charge in [0.1, 0.15) is 0 Å². The number of carbonyl (C=O) groups excluding carboxylic acids is 2. The molecule has 0 bridgehead atoms. The quantitative estimate of drug-likeness (QED) is 0.763. The Morgan fingerprint density at radius 1 is 0.963 bits per heavy atom. The van der Waals surface area contributed by atoms with E-state index in [-0.39, 0.29) is 11.8 Å². The molecule has 6 heteroatoms. The van der Waals surface area contributed by atoms with E-state index in [1.807, 2.05) is 52.3 Å². The molecule has 1 fully saturated rings. The standard InChI is InChI=1S/C21H22N2O3S/c24-20(23-10-9-16-5-1-3-7-18(16)23)15-27-19-8-4-2-6-17(19)21(25)22-11-13-26-14-12-22/h1-8H,9-15H2. The molecule has 0 saturated carbocycles. The number of morpholine rings is 1. The van der Waals surface area contributed by atoms with Crippen molar-refractivity contribution in [3.63, 3.8) is 0 Å². The number of ether oxygens (including phenoxy) is 1. The fourth-order valence-corrected chi connectivity index (χ4v) is 4.44. The molecule has 2 aromatic rings. The van der Waals surface area contributed by atoms with E-state index in [4.69, 9.17) is 4.74 Å². The van der Waals surface area contributed by atoms with Crippen molar-refractivity contribution in [2.45, 2.75) is 11.3 Å². The number of hydrogen-bond acceptors (Lipinski definition) is 4. The highest BCUT2D eigenvalue weighted by Crippen LogP contribution is 2.30. The molecule has 0 aliphatic carbocycles. The molecule has 5 nitrogen and oxygen atoms in total. The molecule has 4 rings (SSSR count). The van der Waals surface area contributed by atoms with Gasteiger partial charge in [-0.25, -0.2) is 0 Å². The number of benzene rings is 2. The van der Waals surface area contributed by atoms with Crippen molar-refractivity contribution >= 4 is 29.3 Å². The summed E-state index contributed by atoms with van der Waals surface area (Å²) < 4.78 is 5.33. The average Bonchev–Trinajstić information content (AvgIpc) is 3.17. The second-order valence-electron chi connectivity index (χ2n) is 6.61. The largest absolute Gasteiger partial charge is 0.378 e. The van der Waals surface area contributed by atoms with Crippen molar-refractivity contribution in [1.82, 2.24) is 4.90 Å². The van der Waals surface area contributed by atoms with Gasteiger partial charge in [0.15, 0.2) is 0 Å². The molecular formula is C21H22N2O3S. The Hall–Kier alpha value is -2.31. The van der Waals surface area contributed by atoms with E-state index in [1.54, 1.807) is 0 Å². The van der Waals surface area contributed by atoms with Crippen LogP contribution >= 0.6 is 11.8 Å². The van der Waals surface area contributed by atoms with Crippen molar-refractivity contribution in [3.05, 3.63) is 59.7 Å². The lowest BCUT2D eigenvalue weighted by Crippen LogP contribution is -2.40. The van der Waals surface area contributed by atoms with Gasteiger partial charge in [0.25, 0.3) is 5.91 Å². The molecule has 2 heterocycles. The summed E-state index contributed by atoms with van der Waals surface area (Å²) in [5, 5.41) is 0. The number of carbonyl (C=O) groups is 2. The van der Waals surface area contributed by atoms with E-state index >= 15 is 0 Å². The summed E-state index contributed by atoms with van der Waals surface area (Å²) in [6, 6.07) is 15.6. The third kappa shape index (κ3) is 3.87. The smallest absolute Gasteiger partial charge is 0.255 e. The minimum absolute atomic E-state index is 0.0142. The van der Waals surface area contributed by atoms with Gasteiger partial charge in [0, 0.05) is 30.2 Å². The van der Waals surface area contributed by atoms with Crippen LogP contribution in [-0.4, -0.2) is 55.3 Å². The zero-order chi connectivity index (χ0) is 18.6. The molecular weight excluding hydrogens is 360 g/mol. The lowest BCUT2D eigenvalue weighted by molar-refractivity contribution is -0.116. The normalized spacial score (nSPS) is 16.3. The molecule has 27 heavy (non-hydrogen) atoms. The molecule has 2 aliphatic heterocycles. The number of para-hydroxylation sites is 1. The maximum absolute atomic E-state index is 12.8. The van der Waals surface area contributed by atoms with E-state index in [0.717, 1.165) is 23.5 Å². The number of rotatable bonds is 4. The molecule has 0 aromatic heterocycles. The Bertz CT molecular complexity index is 849. The zero-order valence-corrected chi connectivity index (χ0v) is 15.9. The van der Waals surface area contributed by atoms with Gasteiger partial charge in [0.05, 0.1) is 24.5 Å². The Kier molecular flexibility index (Phi) is 5.45. The molecule has 2 aromatic carbocycles. The van der Waals surface area contributed by atoms with Crippen molar-refractivity contribution in [3.8, 4) is 0 Å². The Labute approximate surface area is 163 Å². The molecule has 1 saturated heterocycles. The maximum Gasteiger partial charge on any atom is 0.255 e. The Balaban J connectivity index is 1.44. The van der Waals surface area contributed by atoms with Crippen LogP contribution in [0.2, 0.25) is 0 Å².